The molecule has 0 saturated heterocycles. The van der Waals surface area contributed by atoms with Crippen LogP contribution in [-0.2, 0) is 13.0 Å². The molecule has 2 aromatic carbocycles. The second-order valence-electron chi connectivity index (χ2n) is 5.16. The van der Waals surface area contributed by atoms with Crippen molar-refractivity contribution in [3.8, 4) is 5.69 Å². The first kappa shape index (κ1) is 12.0. The van der Waals surface area contributed by atoms with Crippen molar-refractivity contribution in [3.63, 3.8) is 0 Å². The maximum Gasteiger partial charge on any atom is 0.0646 e. The van der Waals surface area contributed by atoms with Crippen LogP contribution in [0.1, 0.15) is 11.3 Å². The van der Waals surface area contributed by atoms with Gasteiger partial charge in [-0.05, 0) is 23.8 Å². The van der Waals surface area contributed by atoms with Crippen LogP contribution in [0.3, 0.4) is 0 Å². The van der Waals surface area contributed by atoms with E-state index in [0.29, 0.717) is 0 Å². The third-order valence-electron chi connectivity index (χ3n) is 4.02. The number of fused-ring (bicyclic) bond motifs is 3. The molecule has 1 aromatic heterocycles. The third-order valence-corrected chi connectivity index (χ3v) is 4.34. The predicted octanol–water partition coefficient (Wildman–Crippen LogP) is 3.93. The van der Waals surface area contributed by atoms with Gasteiger partial charge in [0, 0.05) is 30.6 Å². The largest absolute Gasteiger partial charge is 0.312 e. The Morgan fingerprint density at radius 3 is 2.70 bits per heavy atom. The van der Waals surface area contributed by atoms with Crippen molar-refractivity contribution < 1.29 is 0 Å². The summed E-state index contributed by atoms with van der Waals surface area (Å²) in [6, 6.07) is 16.7. The van der Waals surface area contributed by atoms with E-state index in [0.717, 1.165) is 30.2 Å². The average Bonchev–Trinajstić information content (AvgIpc) is 2.83. The highest BCUT2D eigenvalue weighted by Gasteiger charge is 2.20. The van der Waals surface area contributed by atoms with Gasteiger partial charge >= 0.3 is 0 Å². The van der Waals surface area contributed by atoms with E-state index in [-0.39, 0.29) is 0 Å². The van der Waals surface area contributed by atoms with Gasteiger partial charge in [0.05, 0.1) is 16.2 Å². The maximum absolute atomic E-state index is 6.42. The molecule has 100 valence electrons. The summed E-state index contributed by atoms with van der Waals surface area (Å²) >= 11 is 6.42. The summed E-state index contributed by atoms with van der Waals surface area (Å²) in [4.78, 5) is 0. The van der Waals surface area contributed by atoms with Crippen molar-refractivity contribution in [2.75, 3.05) is 6.54 Å². The minimum absolute atomic E-state index is 0.801. The fourth-order valence-corrected chi connectivity index (χ4v) is 3.37. The van der Waals surface area contributed by atoms with Gasteiger partial charge in [-0.1, -0.05) is 41.9 Å². The molecule has 1 aliphatic heterocycles. The molecule has 0 fully saturated rings. The van der Waals surface area contributed by atoms with Crippen LogP contribution >= 0.6 is 11.6 Å². The Labute approximate surface area is 123 Å². The summed E-state index contributed by atoms with van der Waals surface area (Å²) < 4.78 is 2.33. The molecule has 0 saturated carbocycles. The molecule has 0 amide bonds. The number of hydrogen-bond donors (Lipinski definition) is 1. The standard InChI is InChI=1S/C17H15ClN2/c18-14-6-2-4-8-17(14)20-15-7-3-1-5-12(15)13-11-19-10-9-16(13)20/h1-8,19H,9-11H2. The highest BCUT2D eigenvalue weighted by atomic mass is 35.5. The predicted molar refractivity (Wildman–Crippen MR) is 83.7 cm³/mol. The lowest BCUT2D eigenvalue weighted by atomic mass is 10.1. The first-order valence-corrected chi connectivity index (χ1v) is 7.31. The van der Waals surface area contributed by atoms with Gasteiger partial charge in [0.15, 0.2) is 0 Å². The van der Waals surface area contributed by atoms with Crippen LogP contribution < -0.4 is 5.32 Å². The van der Waals surface area contributed by atoms with Gasteiger partial charge in [-0.3, -0.25) is 0 Å². The smallest absolute Gasteiger partial charge is 0.0646 e. The molecule has 3 heteroatoms. The van der Waals surface area contributed by atoms with Gasteiger partial charge in [0.25, 0.3) is 0 Å². The lowest BCUT2D eigenvalue weighted by Crippen LogP contribution is -2.24. The van der Waals surface area contributed by atoms with Crippen LogP contribution in [0.2, 0.25) is 5.02 Å². The molecular weight excluding hydrogens is 268 g/mol. The van der Waals surface area contributed by atoms with Crippen molar-refractivity contribution in [2.24, 2.45) is 0 Å². The van der Waals surface area contributed by atoms with Gasteiger partial charge in [0.2, 0.25) is 0 Å². The molecule has 0 aliphatic carbocycles. The van der Waals surface area contributed by atoms with Crippen molar-refractivity contribution in [1.29, 1.82) is 0 Å². The molecule has 0 bridgehead atoms. The molecular formula is C17H15ClN2. The van der Waals surface area contributed by atoms with Crippen molar-refractivity contribution in [1.82, 2.24) is 9.88 Å². The monoisotopic (exact) mass is 282 g/mol. The number of halogens is 1. The minimum Gasteiger partial charge on any atom is -0.312 e. The fourth-order valence-electron chi connectivity index (χ4n) is 3.15. The lowest BCUT2D eigenvalue weighted by Gasteiger charge is -2.17. The first-order chi connectivity index (χ1) is 9.86. The summed E-state index contributed by atoms with van der Waals surface area (Å²) in [6.45, 7) is 1.96. The van der Waals surface area contributed by atoms with Gasteiger partial charge < -0.3 is 9.88 Å². The third kappa shape index (κ3) is 1.69. The number of benzene rings is 2. The minimum atomic E-state index is 0.801. The molecule has 4 rings (SSSR count). The second kappa shape index (κ2) is 4.65. The highest BCUT2D eigenvalue weighted by Crippen LogP contribution is 2.33. The van der Waals surface area contributed by atoms with Crippen LogP contribution in [0.4, 0.5) is 0 Å². The Morgan fingerprint density at radius 1 is 1.00 bits per heavy atom. The lowest BCUT2D eigenvalue weighted by molar-refractivity contribution is 0.631. The summed E-state index contributed by atoms with van der Waals surface area (Å²) in [5.41, 5.74) is 5.12. The van der Waals surface area contributed by atoms with Crippen molar-refractivity contribution >= 4 is 22.5 Å². The zero-order valence-corrected chi connectivity index (χ0v) is 11.8. The van der Waals surface area contributed by atoms with Crippen LogP contribution in [-0.4, -0.2) is 11.1 Å². The van der Waals surface area contributed by atoms with E-state index >= 15 is 0 Å². The van der Waals surface area contributed by atoms with Gasteiger partial charge in [-0.15, -0.1) is 0 Å². The van der Waals surface area contributed by atoms with Gasteiger partial charge in [-0.25, -0.2) is 0 Å². The van der Waals surface area contributed by atoms with Crippen molar-refractivity contribution in [3.05, 3.63) is 64.8 Å². The maximum atomic E-state index is 6.42. The highest BCUT2D eigenvalue weighted by molar-refractivity contribution is 6.32. The number of aromatic nitrogens is 1. The van der Waals surface area contributed by atoms with E-state index in [1.807, 2.05) is 18.2 Å². The number of hydrogen-bond acceptors (Lipinski definition) is 1. The van der Waals surface area contributed by atoms with E-state index in [1.54, 1.807) is 0 Å². The topological polar surface area (TPSA) is 17.0 Å². The van der Waals surface area contributed by atoms with Gasteiger partial charge in [-0.2, -0.15) is 0 Å². The molecule has 2 heterocycles. The summed E-state index contributed by atoms with van der Waals surface area (Å²) in [6.07, 6.45) is 1.04. The van der Waals surface area contributed by atoms with E-state index in [2.05, 4.69) is 40.2 Å². The Morgan fingerprint density at radius 2 is 1.80 bits per heavy atom. The summed E-state index contributed by atoms with van der Waals surface area (Å²) in [5.74, 6) is 0. The van der Waals surface area contributed by atoms with Crippen molar-refractivity contribution in [2.45, 2.75) is 13.0 Å². The molecule has 3 aromatic rings. The Kier molecular flexibility index (Phi) is 2.79. The number of para-hydroxylation sites is 2. The Hall–Kier alpha value is -1.77. The molecule has 2 nitrogen and oxygen atoms in total. The SMILES string of the molecule is Clc1ccccc1-n1c2c(c3ccccc31)CNCC2. The normalized spacial score (nSPS) is 14.4. The molecule has 0 unspecified atom stereocenters. The molecule has 0 radical (unpaired) electrons. The van der Waals surface area contributed by atoms with Crippen LogP contribution in [0.25, 0.3) is 16.6 Å². The molecule has 20 heavy (non-hydrogen) atoms. The van der Waals surface area contributed by atoms with Crippen LogP contribution in [0.15, 0.2) is 48.5 Å². The average molecular weight is 283 g/mol. The van der Waals surface area contributed by atoms with Crippen LogP contribution in [0, 0.1) is 0 Å². The van der Waals surface area contributed by atoms with E-state index in [1.165, 1.54) is 22.2 Å². The number of rotatable bonds is 1. The summed E-state index contributed by atoms with van der Waals surface area (Å²) in [7, 11) is 0. The number of nitrogens with one attached hydrogen (secondary N) is 1. The second-order valence-corrected chi connectivity index (χ2v) is 5.56. The van der Waals surface area contributed by atoms with E-state index in [4.69, 9.17) is 11.6 Å². The van der Waals surface area contributed by atoms with E-state index in [9.17, 15) is 0 Å². The Balaban J connectivity index is 2.11. The zero-order chi connectivity index (χ0) is 13.5. The fraction of sp³-hybridized carbons (Fsp3) is 0.176. The number of nitrogens with zero attached hydrogens (tertiary/aromatic N) is 1. The first-order valence-electron chi connectivity index (χ1n) is 6.93. The molecule has 0 atom stereocenters. The van der Waals surface area contributed by atoms with Gasteiger partial charge in [0.1, 0.15) is 0 Å². The molecule has 1 N–H and O–H groups in total. The van der Waals surface area contributed by atoms with E-state index < -0.39 is 0 Å². The van der Waals surface area contributed by atoms with Crippen LogP contribution in [0.5, 0.6) is 0 Å². The quantitative estimate of drug-likeness (QED) is 0.716. The Bertz CT molecular complexity index is 789. The molecule has 0 spiro atoms. The molecule has 1 aliphatic rings. The summed E-state index contributed by atoms with van der Waals surface area (Å²) in [5, 5.41) is 5.60. The zero-order valence-electron chi connectivity index (χ0n) is 11.1.